The molecule has 0 bridgehead atoms. The van der Waals surface area contributed by atoms with Gasteiger partial charge in [0.25, 0.3) is 0 Å². The van der Waals surface area contributed by atoms with Gasteiger partial charge in [0.15, 0.2) is 0 Å². The summed E-state index contributed by atoms with van der Waals surface area (Å²) in [5, 5.41) is 7.68. The Bertz CT molecular complexity index is 352. The van der Waals surface area contributed by atoms with E-state index in [4.69, 9.17) is 5.73 Å². The molecule has 0 aliphatic heterocycles. The van der Waals surface area contributed by atoms with Crippen molar-refractivity contribution in [1.82, 2.24) is 9.78 Å². The van der Waals surface area contributed by atoms with E-state index < -0.39 is 0 Å². The molecule has 4 heteroatoms. The zero-order valence-corrected chi connectivity index (χ0v) is 9.75. The summed E-state index contributed by atoms with van der Waals surface area (Å²) < 4.78 is 1.82. The van der Waals surface area contributed by atoms with Crippen LogP contribution in [-0.4, -0.2) is 16.3 Å². The van der Waals surface area contributed by atoms with Crippen molar-refractivity contribution in [3.63, 3.8) is 0 Å². The van der Waals surface area contributed by atoms with E-state index in [2.05, 4.69) is 17.3 Å². The average Bonchev–Trinajstić information content (AvgIpc) is 2.96. The lowest BCUT2D eigenvalue weighted by Gasteiger charge is -2.13. The molecule has 3 N–H and O–H groups in total. The summed E-state index contributed by atoms with van der Waals surface area (Å²) in [6, 6.07) is 0. The van der Waals surface area contributed by atoms with Crippen LogP contribution < -0.4 is 11.1 Å². The van der Waals surface area contributed by atoms with Crippen LogP contribution in [0.4, 0.5) is 11.5 Å². The fourth-order valence-corrected chi connectivity index (χ4v) is 1.97. The maximum absolute atomic E-state index is 5.94. The van der Waals surface area contributed by atoms with Gasteiger partial charge in [0.05, 0.1) is 11.4 Å². The van der Waals surface area contributed by atoms with Gasteiger partial charge in [-0.3, -0.25) is 4.68 Å². The smallest absolute Gasteiger partial charge is 0.147 e. The first-order valence-electron chi connectivity index (χ1n) is 5.62. The molecule has 1 heterocycles. The molecule has 0 aromatic carbocycles. The summed E-state index contributed by atoms with van der Waals surface area (Å²) in [6.07, 6.45) is 2.78. The van der Waals surface area contributed by atoms with Crippen LogP contribution in [0, 0.1) is 18.8 Å². The van der Waals surface area contributed by atoms with Gasteiger partial charge in [-0.15, -0.1) is 0 Å². The van der Waals surface area contributed by atoms with E-state index in [9.17, 15) is 0 Å². The SMILES string of the molecule is Cc1nn(C)c(NCC(C)C2CC2)c1N. The van der Waals surface area contributed by atoms with E-state index in [1.54, 1.807) is 0 Å². The fourth-order valence-electron chi connectivity index (χ4n) is 1.97. The van der Waals surface area contributed by atoms with Crippen LogP contribution in [0.1, 0.15) is 25.5 Å². The van der Waals surface area contributed by atoms with Crippen LogP contribution in [0.15, 0.2) is 0 Å². The molecular formula is C11H20N4. The fraction of sp³-hybridized carbons (Fsp3) is 0.727. The summed E-state index contributed by atoms with van der Waals surface area (Å²) in [6.45, 7) is 5.22. The highest BCUT2D eigenvalue weighted by atomic mass is 15.3. The number of aryl methyl sites for hydroxylation is 2. The van der Waals surface area contributed by atoms with Crippen molar-refractivity contribution in [2.45, 2.75) is 26.7 Å². The van der Waals surface area contributed by atoms with Crippen LogP contribution in [0.3, 0.4) is 0 Å². The number of hydrogen-bond donors (Lipinski definition) is 2. The second kappa shape index (κ2) is 3.76. The van der Waals surface area contributed by atoms with Crippen LogP contribution in [0.25, 0.3) is 0 Å². The molecule has 1 aliphatic carbocycles. The van der Waals surface area contributed by atoms with E-state index in [1.807, 2.05) is 18.7 Å². The molecule has 1 saturated carbocycles. The number of rotatable bonds is 4. The topological polar surface area (TPSA) is 55.9 Å². The number of nitrogens with zero attached hydrogens (tertiary/aromatic N) is 2. The number of nitrogens with one attached hydrogen (secondary N) is 1. The Labute approximate surface area is 90.8 Å². The molecule has 0 saturated heterocycles. The molecule has 84 valence electrons. The number of hydrogen-bond acceptors (Lipinski definition) is 3. The van der Waals surface area contributed by atoms with Crippen molar-refractivity contribution >= 4 is 11.5 Å². The summed E-state index contributed by atoms with van der Waals surface area (Å²) >= 11 is 0. The number of nitrogens with two attached hydrogens (primary N) is 1. The zero-order valence-electron chi connectivity index (χ0n) is 9.75. The largest absolute Gasteiger partial charge is 0.394 e. The molecule has 0 spiro atoms. The lowest BCUT2D eigenvalue weighted by Crippen LogP contribution is -2.15. The predicted octanol–water partition coefficient (Wildman–Crippen LogP) is 1.77. The Hall–Kier alpha value is -1.19. The van der Waals surface area contributed by atoms with Gasteiger partial charge in [-0.25, -0.2) is 0 Å². The van der Waals surface area contributed by atoms with Gasteiger partial charge >= 0.3 is 0 Å². The lowest BCUT2D eigenvalue weighted by molar-refractivity contribution is 0.534. The third-order valence-corrected chi connectivity index (χ3v) is 3.29. The Kier molecular flexibility index (Phi) is 2.59. The minimum atomic E-state index is 0.736. The molecule has 1 aromatic heterocycles. The summed E-state index contributed by atoms with van der Waals surface area (Å²) in [5.74, 6) is 2.62. The first kappa shape index (κ1) is 10.3. The third kappa shape index (κ3) is 2.08. The molecule has 0 radical (unpaired) electrons. The number of nitrogen functional groups attached to an aromatic ring is 1. The first-order valence-corrected chi connectivity index (χ1v) is 5.62. The minimum Gasteiger partial charge on any atom is -0.394 e. The predicted molar refractivity (Wildman–Crippen MR) is 62.7 cm³/mol. The van der Waals surface area contributed by atoms with E-state index in [-0.39, 0.29) is 0 Å². The second-order valence-electron chi connectivity index (χ2n) is 4.67. The van der Waals surface area contributed by atoms with E-state index >= 15 is 0 Å². The van der Waals surface area contributed by atoms with Crippen LogP contribution >= 0.6 is 0 Å². The summed E-state index contributed by atoms with van der Waals surface area (Å²) in [4.78, 5) is 0. The van der Waals surface area contributed by atoms with Crippen LogP contribution in [0.2, 0.25) is 0 Å². The van der Waals surface area contributed by atoms with Crippen molar-refractivity contribution in [3.05, 3.63) is 5.69 Å². The highest BCUT2D eigenvalue weighted by Crippen LogP contribution is 2.36. The lowest BCUT2D eigenvalue weighted by atomic mass is 10.1. The Balaban J connectivity index is 1.97. The Morgan fingerprint density at radius 3 is 2.73 bits per heavy atom. The molecule has 1 aromatic rings. The molecule has 1 unspecified atom stereocenters. The van der Waals surface area contributed by atoms with Crippen molar-refractivity contribution < 1.29 is 0 Å². The number of aromatic nitrogens is 2. The van der Waals surface area contributed by atoms with E-state index in [0.29, 0.717) is 0 Å². The molecule has 0 amide bonds. The normalized spacial score (nSPS) is 17.8. The Morgan fingerprint density at radius 2 is 2.27 bits per heavy atom. The van der Waals surface area contributed by atoms with Crippen molar-refractivity contribution in [2.75, 3.05) is 17.6 Å². The molecule has 1 fully saturated rings. The van der Waals surface area contributed by atoms with Gasteiger partial charge in [0.1, 0.15) is 5.82 Å². The van der Waals surface area contributed by atoms with Crippen molar-refractivity contribution in [1.29, 1.82) is 0 Å². The molecule has 4 nitrogen and oxygen atoms in total. The quantitative estimate of drug-likeness (QED) is 0.793. The van der Waals surface area contributed by atoms with Crippen molar-refractivity contribution in [3.8, 4) is 0 Å². The van der Waals surface area contributed by atoms with Crippen molar-refractivity contribution in [2.24, 2.45) is 18.9 Å². The monoisotopic (exact) mass is 208 g/mol. The average molecular weight is 208 g/mol. The third-order valence-electron chi connectivity index (χ3n) is 3.29. The van der Waals surface area contributed by atoms with Gasteiger partial charge in [-0.1, -0.05) is 6.92 Å². The molecule has 1 aliphatic rings. The second-order valence-corrected chi connectivity index (χ2v) is 4.67. The Morgan fingerprint density at radius 1 is 1.60 bits per heavy atom. The molecular weight excluding hydrogens is 188 g/mol. The standard InChI is InChI=1S/C11H20N4/c1-7(9-4-5-9)6-13-11-10(12)8(2)14-15(11)3/h7,9,13H,4-6,12H2,1-3H3. The first-order chi connectivity index (χ1) is 7.09. The highest BCUT2D eigenvalue weighted by Gasteiger charge is 2.27. The van der Waals surface area contributed by atoms with Crippen LogP contribution in [0.5, 0.6) is 0 Å². The van der Waals surface area contributed by atoms with Crippen LogP contribution in [-0.2, 0) is 7.05 Å². The minimum absolute atomic E-state index is 0.736. The van der Waals surface area contributed by atoms with Gasteiger partial charge in [0, 0.05) is 13.6 Å². The molecule has 15 heavy (non-hydrogen) atoms. The van der Waals surface area contributed by atoms with Gasteiger partial charge in [-0.2, -0.15) is 5.10 Å². The summed E-state index contributed by atoms with van der Waals surface area (Å²) in [5.41, 5.74) is 7.62. The molecule has 2 rings (SSSR count). The van der Waals surface area contributed by atoms with E-state index in [0.717, 1.165) is 35.6 Å². The number of anilines is 2. The maximum atomic E-state index is 5.94. The molecule has 1 atom stereocenters. The highest BCUT2D eigenvalue weighted by molar-refractivity contribution is 5.64. The van der Waals surface area contributed by atoms with E-state index in [1.165, 1.54) is 12.8 Å². The zero-order chi connectivity index (χ0) is 11.0. The maximum Gasteiger partial charge on any atom is 0.147 e. The van der Waals surface area contributed by atoms with Gasteiger partial charge in [0.2, 0.25) is 0 Å². The van der Waals surface area contributed by atoms with Gasteiger partial charge < -0.3 is 11.1 Å². The van der Waals surface area contributed by atoms with Gasteiger partial charge in [-0.05, 0) is 31.6 Å². The summed E-state index contributed by atoms with van der Waals surface area (Å²) in [7, 11) is 1.92.